The van der Waals surface area contributed by atoms with Crippen molar-refractivity contribution in [2.45, 2.75) is 75.8 Å². The Labute approximate surface area is 133 Å². The minimum absolute atomic E-state index is 0.270. The van der Waals surface area contributed by atoms with E-state index in [0.29, 0.717) is 6.61 Å². The summed E-state index contributed by atoms with van der Waals surface area (Å²) in [5.74, 6) is 0. The first-order valence-corrected chi connectivity index (χ1v) is 8.51. The van der Waals surface area contributed by atoms with E-state index in [4.69, 9.17) is 14.6 Å². The van der Waals surface area contributed by atoms with Gasteiger partial charge in [0.2, 0.25) is 0 Å². The summed E-state index contributed by atoms with van der Waals surface area (Å²) in [6.45, 7) is 4.17. The third-order valence-electron chi connectivity index (χ3n) is 4.12. The topological polar surface area (TPSA) is 79.2 Å². The molecule has 0 aromatic rings. The van der Waals surface area contributed by atoms with E-state index in [1.807, 2.05) is 6.08 Å². The molecule has 1 aliphatic heterocycles. The summed E-state index contributed by atoms with van der Waals surface area (Å²) in [6, 6.07) is 0. The molecule has 0 aromatic heterocycles. The number of ether oxygens (including phenoxy) is 2. The minimum Gasteiger partial charge on any atom is -0.394 e. The van der Waals surface area contributed by atoms with Crippen LogP contribution in [-0.4, -0.2) is 59.6 Å². The van der Waals surface area contributed by atoms with Gasteiger partial charge in [-0.25, -0.2) is 0 Å². The van der Waals surface area contributed by atoms with Crippen LogP contribution in [0.5, 0.6) is 0 Å². The molecule has 0 spiro atoms. The van der Waals surface area contributed by atoms with Gasteiger partial charge in [-0.15, -0.1) is 6.58 Å². The number of allylic oxidation sites excluding steroid dienone is 1. The van der Waals surface area contributed by atoms with Crippen molar-refractivity contribution in [3.8, 4) is 0 Å². The Hall–Kier alpha value is -0.460. The van der Waals surface area contributed by atoms with Gasteiger partial charge in [0.05, 0.1) is 13.2 Å². The summed E-state index contributed by atoms with van der Waals surface area (Å²) in [6.07, 6.45) is 8.42. The Morgan fingerprint density at radius 3 is 2.41 bits per heavy atom. The first kappa shape index (κ1) is 19.6. The summed E-state index contributed by atoms with van der Waals surface area (Å²) in [7, 11) is 0. The number of aliphatic hydroxyl groups is 3. The molecule has 0 aliphatic carbocycles. The maximum atomic E-state index is 9.97. The van der Waals surface area contributed by atoms with Crippen molar-refractivity contribution in [2.24, 2.45) is 0 Å². The summed E-state index contributed by atoms with van der Waals surface area (Å²) >= 11 is 0. The SMILES string of the molecule is C=CCCCCCCCCCO[C@H]1CO[C@@H]([C@H](O)CO)[C@H]1O. The molecule has 3 N–H and O–H groups in total. The van der Waals surface area contributed by atoms with Gasteiger partial charge in [-0.05, 0) is 19.3 Å². The van der Waals surface area contributed by atoms with Crippen LogP contribution in [0.2, 0.25) is 0 Å². The average molecular weight is 316 g/mol. The van der Waals surface area contributed by atoms with Gasteiger partial charge >= 0.3 is 0 Å². The van der Waals surface area contributed by atoms with Crippen LogP contribution >= 0.6 is 0 Å². The second-order valence-corrected chi connectivity index (χ2v) is 6.00. The van der Waals surface area contributed by atoms with Gasteiger partial charge in [-0.3, -0.25) is 0 Å². The summed E-state index contributed by atoms with van der Waals surface area (Å²) in [5.41, 5.74) is 0. The van der Waals surface area contributed by atoms with E-state index in [1.54, 1.807) is 0 Å². The largest absolute Gasteiger partial charge is 0.394 e. The Bertz CT molecular complexity index is 284. The van der Waals surface area contributed by atoms with Crippen LogP contribution in [0.1, 0.15) is 51.4 Å². The van der Waals surface area contributed by atoms with Crippen LogP contribution in [0.4, 0.5) is 0 Å². The maximum absolute atomic E-state index is 9.97. The van der Waals surface area contributed by atoms with Crippen molar-refractivity contribution in [3.05, 3.63) is 12.7 Å². The second-order valence-electron chi connectivity index (χ2n) is 6.00. The number of aliphatic hydroxyl groups excluding tert-OH is 3. The Morgan fingerprint density at radius 1 is 1.14 bits per heavy atom. The van der Waals surface area contributed by atoms with Crippen molar-refractivity contribution < 1.29 is 24.8 Å². The molecule has 22 heavy (non-hydrogen) atoms. The van der Waals surface area contributed by atoms with Gasteiger partial charge in [-0.1, -0.05) is 38.2 Å². The van der Waals surface area contributed by atoms with Crippen LogP contribution in [0.3, 0.4) is 0 Å². The lowest BCUT2D eigenvalue weighted by molar-refractivity contribution is -0.0730. The van der Waals surface area contributed by atoms with Crippen molar-refractivity contribution in [3.63, 3.8) is 0 Å². The van der Waals surface area contributed by atoms with E-state index in [-0.39, 0.29) is 6.61 Å². The molecule has 0 aromatic carbocycles. The zero-order valence-corrected chi connectivity index (χ0v) is 13.5. The Morgan fingerprint density at radius 2 is 1.77 bits per heavy atom. The van der Waals surface area contributed by atoms with Gasteiger partial charge < -0.3 is 24.8 Å². The highest BCUT2D eigenvalue weighted by Gasteiger charge is 2.40. The highest BCUT2D eigenvalue weighted by Crippen LogP contribution is 2.20. The number of rotatable bonds is 13. The van der Waals surface area contributed by atoms with E-state index in [2.05, 4.69) is 6.58 Å². The van der Waals surface area contributed by atoms with Crippen molar-refractivity contribution in [1.29, 1.82) is 0 Å². The zero-order chi connectivity index (χ0) is 16.2. The fourth-order valence-corrected chi connectivity index (χ4v) is 2.71. The van der Waals surface area contributed by atoms with Crippen LogP contribution in [0.15, 0.2) is 12.7 Å². The lowest BCUT2D eigenvalue weighted by Crippen LogP contribution is -2.41. The van der Waals surface area contributed by atoms with Crippen molar-refractivity contribution in [1.82, 2.24) is 0 Å². The molecule has 0 unspecified atom stereocenters. The fourth-order valence-electron chi connectivity index (χ4n) is 2.71. The number of unbranched alkanes of at least 4 members (excludes halogenated alkanes) is 7. The molecule has 1 rings (SSSR count). The molecule has 4 atom stereocenters. The number of hydrogen-bond donors (Lipinski definition) is 3. The average Bonchev–Trinajstić information content (AvgIpc) is 2.89. The standard InChI is InChI=1S/C17H32O5/c1-2-3-4-5-6-7-8-9-10-11-21-15-13-22-17(16(15)20)14(19)12-18/h2,14-20H,1,3-13H2/t14-,15+,16+,17+/m1/s1. The molecule has 0 bridgehead atoms. The fraction of sp³-hybridized carbons (Fsp3) is 0.882. The van der Waals surface area contributed by atoms with Crippen LogP contribution in [0.25, 0.3) is 0 Å². The lowest BCUT2D eigenvalue weighted by Gasteiger charge is -2.20. The highest BCUT2D eigenvalue weighted by molar-refractivity contribution is 4.88. The van der Waals surface area contributed by atoms with Gasteiger partial charge in [0, 0.05) is 6.61 Å². The molecule has 5 nitrogen and oxygen atoms in total. The third kappa shape index (κ3) is 7.20. The molecule has 1 heterocycles. The first-order chi connectivity index (χ1) is 10.7. The molecule has 0 amide bonds. The first-order valence-electron chi connectivity index (χ1n) is 8.51. The molecule has 0 radical (unpaired) electrons. The lowest BCUT2D eigenvalue weighted by atomic mass is 10.1. The predicted molar refractivity (Wildman–Crippen MR) is 85.7 cm³/mol. The van der Waals surface area contributed by atoms with Crippen LogP contribution in [-0.2, 0) is 9.47 Å². The molecule has 5 heteroatoms. The molecule has 1 saturated heterocycles. The second kappa shape index (κ2) is 12.0. The predicted octanol–water partition coefficient (Wildman–Crippen LogP) is 1.79. The van der Waals surface area contributed by atoms with E-state index in [9.17, 15) is 10.2 Å². The van der Waals surface area contributed by atoms with Gasteiger partial charge in [0.1, 0.15) is 24.4 Å². The summed E-state index contributed by atoms with van der Waals surface area (Å²) in [4.78, 5) is 0. The van der Waals surface area contributed by atoms with Gasteiger partial charge in [-0.2, -0.15) is 0 Å². The smallest absolute Gasteiger partial charge is 0.114 e. The zero-order valence-electron chi connectivity index (χ0n) is 13.5. The quantitative estimate of drug-likeness (QED) is 0.357. The summed E-state index contributed by atoms with van der Waals surface area (Å²) < 4.78 is 10.9. The molecule has 0 saturated carbocycles. The van der Waals surface area contributed by atoms with Crippen molar-refractivity contribution in [2.75, 3.05) is 19.8 Å². The molecular weight excluding hydrogens is 284 g/mol. The van der Waals surface area contributed by atoms with E-state index in [0.717, 1.165) is 19.3 Å². The Kier molecular flexibility index (Phi) is 10.7. The Balaban J connectivity index is 1.96. The molecule has 1 fully saturated rings. The van der Waals surface area contributed by atoms with Gasteiger partial charge in [0.15, 0.2) is 0 Å². The van der Waals surface area contributed by atoms with E-state index in [1.165, 1.54) is 32.1 Å². The van der Waals surface area contributed by atoms with E-state index >= 15 is 0 Å². The minimum atomic E-state index is -1.05. The van der Waals surface area contributed by atoms with Crippen LogP contribution < -0.4 is 0 Å². The van der Waals surface area contributed by atoms with Crippen molar-refractivity contribution >= 4 is 0 Å². The van der Waals surface area contributed by atoms with E-state index < -0.39 is 31.0 Å². The molecule has 1 aliphatic rings. The maximum Gasteiger partial charge on any atom is 0.114 e. The molecular formula is C17H32O5. The normalized spacial score (nSPS) is 26.2. The molecule has 130 valence electrons. The van der Waals surface area contributed by atoms with Gasteiger partial charge in [0.25, 0.3) is 0 Å². The monoisotopic (exact) mass is 316 g/mol. The summed E-state index contributed by atoms with van der Waals surface area (Å²) in [5, 5.41) is 28.3. The highest BCUT2D eigenvalue weighted by atomic mass is 16.6. The van der Waals surface area contributed by atoms with Crippen LogP contribution in [0, 0.1) is 0 Å². The third-order valence-corrected chi connectivity index (χ3v) is 4.12. The number of hydrogen-bond acceptors (Lipinski definition) is 5.